The van der Waals surface area contributed by atoms with Crippen LogP contribution in [-0.2, 0) is 9.53 Å². The smallest absolute Gasteiger partial charge is 0.475 e. The lowest BCUT2D eigenvalue weighted by atomic mass is 10.0. The first-order chi connectivity index (χ1) is 13.8. The summed E-state index contributed by atoms with van der Waals surface area (Å²) in [5, 5.41) is 10.2. The largest absolute Gasteiger partial charge is 0.490 e. The minimum absolute atomic E-state index is 0.0542. The van der Waals surface area contributed by atoms with Crippen LogP contribution in [0.3, 0.4) is 0 Å². The van der Waals surface area contributed by atoms with E-state index in [9.17, 15) is 18.0 Å². The molecule has 3 aliphatic rings. The minimum atomic E-state index is -5.08. The van der Waals surface area contributed by atoms with Crippen LogP contribution in [0.25, 0.3) is 0 Å². The lowest BCUT2D eigenvalue weighted by Gasteiger charge is -2.32. The van der Waals surface area contributed by atoms with E-state index in [4.69, 9.17) is 14.6 Å². The van der Waals surface area contributed by atoms with E-state index < -0.39 is 12.1 Å². The van der Waals surface area contributed by atoms with Gasteiger partial charge in [0.05, 0.1) is 18.3 Å². The molecule has 2 N–H and O–H groups in total. The van der Waals surface area contributed by atoms with Crippen LogP contribution in [0, 0.1) is 5.92 Å². The number of hydrogen-bond donors (Lipinski definition) is 2. The van der Waals surface area contributed by atoms with E-state index in [1.165, 1.54) is 25.5 Å². The fourth-order valence-corrected chi connectivity index (χ4v) is 3.68. The molecule has 0 aromatic carbocycles. The number of carbonyl (C=O) groups is 2. The molecule has 0 bridgehead atoms. The number of carbonyl (C=O) groups excluding carboxylic acids is 1. The number of nitrogens with one attached hydrogen (secondary N) is 1. The molecule has 29 heavy (non-hydrogen) atoms. The van der Waals surface area contributed by atoms with E-state index in [-0.39, 0.29) is 18.1 Å². The summed E-state index contributed by atoms with van der Waals surface area (Å²) in [6, 6.07) is 0.514. The molecule has 1 aromatic heterocycles. The number of amides is 1. The third kappa shape index (κ3) is 5.86. The van der Waals surface area contributed by atoms with Crippen molar-refractivity contribution in [3.05, 3.63) is 24.3 Å². The molecule has 0 unspecified atom stereocenters. The van der Waals surface area contributed by atoms with Crippen molar-refractivity contribution in [2.45, 2.75) is 50.0 Å². The Morgan fingerprint density at radius 2 is 2.00 bits per heavy atom. The Morgan fingerprint density at radius 1 is 1.28 bits per heavy atom. The fraction of sp³-hybridized carbons (Fsp3) is 0.667. The van der Waals surface area contributed by atoms with Crippen LogP contribution in [0.1, 0.15) is 36.2 Å². The van der Waals surface area contributed by atoms with Gasteiger partial charge in [-0.15, -0.1) is 0 Å². The number of aliphatic carboxylic acids is 1. The fourth-order valence-electron chi connectivity index (χ4n) is 3.68. The lowest BCUT2D eigenvalue weighted by molar-refractivity contribution is -0.192. The van der Waals surface area contributed by atoms with Gasteiger partial charge in [0.25, 0.3) is 5.91 Å². The number of carboxylic acids is 1. The predicted octanol–water partition coefficient (Wildman–Crippen LogP) is 1.48. The van der Waals surface area contributed by atoms with Crippen molar-refractivity contribution in [3.63, 3.8) is 0 Å². The molecule has 3 fully saturated rings. The van der Waals surface area contributed by atoms with Crippen LogP contribution < -0.4 is 5.32 Å². The zero-order chi connectivity index (χ0) is 21.0. The highest BCUT2D eigenvalue weighted by molar-refractivity contribution is 5.92. The second kappa shape index (κ2) is 9.04. The highest BCUT2D eigenvalue weighted by Crippen LogP contribution is 2.35. The van der Waals surface area contributed by atoms with Crippen molar-refractivity contribution in [1.82, 2.24) is 20.2 Å². The molecule has 1 saturated carbocycles. The summed E-state index contributed by atoms with van der Waals surface area (Å²) in [5.41, 5.74) is 0.371. The van der Waals surface area contributed by atoms with Gasteiger partial charge in [-0.05, 0) is 31.6 Å². The molecule has 160 valence electrons. The Bertz CT molecular complexity index is 715. The van der Waals surface area contributed by atoms with Crippen molar-refractivity contribution in [2.24, 2.45) is 5.92 Å². The first-order valence-electron chi connectivity index (χ1n) is 9.48. The normalized spacial score (nSPS) is 26.8. The summed E-state index contributed by atoms with van der Waals surface area (Å²) >= 11 is 0. The second-order valence-corrected chi connectivity index (χ2v) is 7.42. The average Bonchev–Trinajstić information content (AvgIpc) is 3.45. The van der Waals surface area contributed by atoms with Crippen molar-refractivity contribution < 1.29 is 32.6 Å². The Hall–Kier alpha value is -2.27. The topological polar surface area (TPSA) is 105 Å². The molecule has 1 aliphatic carbocycles. The number of alkyl halides is 3. The van der Waals surface area contributed by atoms with Gasteiger partial charge in [-0.25, -0.2) is 9.78 Å². The van der Waals surface area contributed by atoms with Crippen LogP contribution in [0.2, 0.25) is 0 Å². The summed E-state index contributed by atoms with van der Waals surface area (Å²) in [6.07, 6.45) is 4.66. The monoisotopic (exact) mass is 416 g/mol. The number of carboxylic acid groups (broad SMARTS) is 1. The predicted molar refractivity (Wildman–Crippen MR) is 94.0 cm³/mol. The highest BCUT2D eigenvalue weighted by Gasteiger charge is 2.45. The summed E-state index contributed by atoms with van der Waals surface area (Å²) in [6.45, 7) is 2.84. The maximum Gasteiger partial charge on any atom is 0.490 e. The third-order valence-corrected chi connectivity index (χ3v) is 5.17. The molecule has 4 rings (SSSR count). The highest BCUT2D eigenvalue weighted by atomic mass is 19.4. The van der Waals surface area contributed by atoms with Crippen LogP contribution in [0.4, 0.5) is 13.2 Å². The van der Waals surface area contributed by atoms with E-state index >= 15 is 0 Å². The van der Waals surface area contributed by atoms with Crippen LogP contribution in [0.15, 0.2) is 18.6 Å². The zero-order valence-corrected chi connectivity index (χ0v) is 15.6. The van der Waals surface area contributed by atoms with Crippen molar-refractivity contribution in [2.75, 3.05) is 19.7 Å². The number of halogens is 3. The Kier molecular flexibility index (Phi) is 6.68. The molecule has 3 atom stereocenters. The van der Waals surface area contributed by atoms with Gasteiger partial charge in [0, 0.05) is 38.1 Å². The number of hydrogen-bond acceptors (Lipinski definition) is 6. The van der Waals surface area contributed by atoms with Crippen LogP contribution >= 0.6 is 0 Å². The van der Waals surface area contributed by atoms with Crippen LogP contribution in [-0.4, -0.2) is 75.9 Å². The van der Waals surface area contributed by atoms with E-state index in [1.54, 1.807) is 12.4 Å². The van der Waals surface area contributed by atoms with Gasteiger partial charge in [-0.1, -0.05) is 0 Å². The molecule has 3 heterocycles. The number of likely N-dealkylation sites (tertiary alicyclic amines) is 1. The van der Waals surface area contributed by atoms with E-state index in [1.807, 2.05) is 0 Å². The van der Waals surface area contributed by atoms with Gasteiger partial charge < -0.3 is 15.2 Å². The standard InChI is InChI=1S/C16H22N4O2.C2HF3O2/c21-16(12-8-17-5-6-18-12)19-13-10-20(9-11-3-4-11)14-2-1-7-22-15(13)14;3-2(4,5)1(6)7/h5-6,8,11,13-15H,1-4,7,9-10H2,(H,19,21);(H,6,7)/t13-,14-,15-;/m0./s1. The molecule has 8 nitrogen and oxygen atoms in total. The second-order valence-electron chi connectivity index (χ2n) is 7.42. The van der Waals surface area contributed by atoms with Gasteiger partial charge >= 0.3 is 12.1 Å². The first kappa shape index (κ1) is 21.4. The number of rotatable bonds is 4. The lowest BCUT2D eigenvalue weighted by Crippen LogP contribution is -2.47. The molecular formula is C18H23F3N4O4. The summed E-state index contributed by atoms with van der Waals surface area (Å²) in [4.78, 5) is 31.8. The number of fused-ring (bicyclic) bond motifs is 1. The molecule has 1 amide bonds. The zero-order valence-electron chi connectivity index (χ0n) is 15.6. The van der Waals surface area contributed by atoms with E-state index in [0.29, 0.717) is 11.7 Å². The van der Waals surface area contributed by atoms with E-state index in [2.05, 4.69) is 20.2 Å². The maximum absolute atomic E-state index is 12.3. The maximum atomic E-state index is 12.3. The molecule has 11 heteroatoms. The number of aromatic nitrogens is 2. The van der Waals surface area contributed by atoms with Crippen molar-refractivity contribution >= 4 is 11.9 Å². The minimum Gasteiger partial charge on any atom is -0.475 e. The molecule has 0 radical (unpaired) electrons. The third-order valence-electron chi connectivity index (χ3n) is 5.17. The molecular weight excluding hydrogens is 393 g/mol. The van der Waals surface area contributed by atoms with Gasteiger partial charge in [0.2, 0.25) is 0 Å². The molecule has 2 saturated heterocycles. The van der Waals surface area contributed by atoms with Gasteiger partial charge in [-0.3, -0.25) is 14.7 Å². The molecule has 0 spiro atoms. The van der Waals surface area contributed by atoms with Crippen molar-refractivity contribution in [3.8, 4) is 0 Å². The number of nitrogens with zero attached hydrogens (tertiary/aromatic N) is 3. The van der Waals surface area contributed by atoms with Gasteiger partial charge in [-0.2, -0.15) is 13.2 Å². The Morgan fingerprint density at radius 3 is 2.59 bits per heavy atom. The first-order valence-corrected chi connectivity index (χ1v) is 9.48. The molecule has 1 aromatic rings. The quantitative estimate of drug-likeness (QED) is 0.766. The SMILES string of the molecule is O=C(N[C@H]1CN(CC2CC2)[C@H]2CCCO[C@@H]12)c1cnccn1.O=C(O)C(F)(F)F. The van der Waals surface area contributed by atoms with Gasteiger partial charge in [0.1, 0.15) is 5.69 Å². The van der Waals surface area contributed by atoms with Gasteiger partial charge in [0.15, 0.2) is 0 Å². The summed E-state index contributed by atoms with van der Waals surface area (Å²) in [5.74, 6) is -2.05. The Labute approximate surface area is 165 Å². The number of ether oxygens (including phenoxy) is 1. The van der Waals surface area contributed by atoms with Crippen LogP contribution in [0.5, 0.6) is 0 Å². The summed E-state index contributed by atoms with van der Waals surface area (Å²) in [7, 11) is 0. The van der Waals surface area contributed by atoms with E-state index in [0.717, 1.165) is 32.0 Å². The molecule has 2 aliphatic heterocycles. The summed E-state index contributed by atoms with van der Waals surface area (Å²) < 4.78 is 37.7. The Balaban J connectivity index is 0.000000298. The van der Waals surface area contributed by atoms with Crippen molar-refractivity contribution in [1.29, 1.82) is 0 Å². The average molecular weight is 416 g/mol.